The normalized spacial score (nSPS) is 12.0. The van der Waals surface area contributed by atoms with E-state index >= 15 is 0 Å². The van der Waals surface area contributed by atoms with Crippen LogP contribution in [-0.4, -0.2) is 14.5 Å². The Balaban J connectivity index is 1.31. The molecule has 0 aliphatic heterocycles. The Morgan fingerprint density at radius 3 is 1.41 bits per heavy atom. The molecule has 9 heteroatoms. The minimum absolute atomic E-state index is 0.444. The highest BCUT2D eigenvalue weighted by atomic mass is 19.4. The number of aromatic nitrogens is 3. The van der Waals surface area contributed by atoms with Crippen molar-refractivity contribution in [2.45, 2.75) is 19.3 Å². The van der Waals surface area contributed by atoms with Gasteiger partial charge in [-0.3, -0.25) is 0 Å². The summed E-state index contributed by atoms with van der Waals surface area (Å²) in [5.74, 6) is 0.444. The number of para-hydroxylation sites is 1. The fraction of sp³-hybridized carbons (Fsp3) is 0.0545. The zero-order chi connectivity index (χ0) is 44.2. The summed E-state index contributed by atoms with van der Waals surface area (Å²) in [5.41, 5.74) is 8.99. The minimum Gasteiger partial charge on any atom is -0.308 e. The van der Waals surface area contributed by atoms with E-state index < -0.39 is 23.5 Å². The zero-order valence-corrected chi connectivity index (χ0v) is 34.1. The number of benzene rings is 8. The van der Waals surface area contributed by atoms with Gasteiger partial charge in [0.2, 0.25) is 0 Å². The molecule has 0 fully saturated rings. The third-order valence-corrected chi connectivity index (χ3v) is 11.6. The topological polar surface area (TPSA) is 30.7 Å². The van der Waals surface area contributed by atoms with Crippen LogP contribution in [0.1, 0.15) is 16.7 Å². The van der Waals surface area contributed by atoms with E-state index in [1.54, 1.807) is 0 Å². The maximum Gasteiger partial charge on any atom is 0.416 e. The molecule has 10 aromatic rings. The van der Waals surface area contributed by atoms with Crippen molar-refractivity contribution in [1.29, 1.82) is 0 Å². The lowest BCUT2D eigenvalue weighted by Gasteiger charge is -2.22. The van der Waals surface area contributed by atoms with Crippen molar-refractivity contribution in [2.24, 2.45) is 0 Å². The minimum atomic E-state index is -4.58. The largest absolute Gasteiger partial charge is 0.416 e. The van der Waals surface area contributed by atoms with Gasteiger partial charge in [-0.2, -0.15) is 26.3 Å². The molecule has 0 radical (unpaired) electrons. The maximum atomic E-state index is 14.1. The van der Waals surface area contributed by atoms with Gasteiger partial charge in [0.25, 0.3) is 0 Å². The standard InChI is InChI=1S/C55H35F6N3/c1-34-16-18-35(19-17-34)40-24-29-51-47(30-40)44-14-8-9-15-50(44)64(51)52-45(36-20-25-42(26-21-36)54(56,57)58)31-41(32-46(52)37-22-27-43(28-23-37)55(59,60)61)49-33-48(38-10-4-2-5-11-38)62-53(63-49)39-12-6-3-7-13-39/h2-33H,1H3. The fourth-order valence-corrected chi connectivity index (χ4v) is 8.35. The molecule has 64 heavy (non-hydrogen) atoms. The molecular formula is C55H35F6N3. The van der Waals surface area contributed by atoms with Crippen molar-refractivity contribution in [3.8, 4) is 73.0 Å². The van der Waals surface area contributed by atoms with Gasteiger partial charge < -0.3 is 4.57 Å². The quantitative estimate of drug-likeness (QED) is 0.150. The fourth-order valence-electron chi connectivity index (χ4n) is 8.35. The van der Waals surface area contributed by atoms with Crippen LogP contribution in [0.25, 0.3) is 94.8 Å². The molecule has 0 amide bonds. The summed E-state index contributed by atoms with van der Waals surface area (Å²) in [4.78, 5) is 10.0. The molecule has 3 nitrogen and oxygen atoms in total. The predicted molar refractivity (Wildman–Crippen MR) is 244 cm³/mol. The van der Waals surface area contributed by atoms with E-state index in [0.29, 0.717) is 50.7 Å². The van der Waals surface area contributed by atoms with E-state index in [2.05, 4.69) is 34.9 Å². The summed E-state index contributed by atoms with van der Waals surface area (Å²) in [7, 11) is 0. The number of fused-ring (bicyclic) bond motifs is 3. The van der Waals surface area contributed by atoms with Crippen molar-refractivity contribution in [3.05, 3.63) is 211 Å². The number of hydrogen-bond donors (Lipinski definition) is 0. The first-order chi connectivity index (χ1) is 30.9. The van der Waals surface area contributed by atoms with Crippen molar-refractivity contribution >= 4 is 21.8 Å². The molecular weight excluding hydrogens is 817 g/mol. The monoisotopic (exact) mass is 851 g/mol. The van der Waals surface area contributed by atoms with Crippen LogP contribution in [0.3, 0.4) is 0 Å². The predicted octanol–water partition coefficient (Wildman–Crippen LogP) is 15.9. The number of halogens is 6. The van der Waals surface area contributed by atoms with E-state index in [0.717, 1.165) is 73.9 Å². The molecule has 0 spiro atoms. The molecule has 312 valence electrons. The number of alkyl halides is 6. The van der Waals surface area contributed by atoms with Crippen molar-refractivity contribution < 1.29 is 26.3 Å². The average molecular weight is 852 g/mol. The van der Waals surface area contributed by atoms with Crippen LogP contribution >= 0.6 is 0 Å². The average Bonchev–Trinajstić information content (AvgIpc) is 3.64. The first kappa shape index (κ1) is 40.3. The second-order valence-electron chi connectivity index (χ2n) is 15.7. The molecule has 0 aliphatic rings. The molecule has 0 aliphatic carbocycles. The van der Waals surface area contributed by atoms with Gasteiger partial charge in [0.15, 0.2) is 5.82 Å². The number of aryl methyl sites for hydroxylation is 1. The van der Waals surface area contributed by atoms with E-state index in [1.807, 2.05) is 122 Å². The summed E-state index contributed by atoms with van der Waals surface area (Å²) >= 11 is 0. The zero-order valence-electron chi connectivity index (χ0n) is 34.1. The first-order valence-corrected chi connectivity index (χ1v) is 20.5. The third-order valence-electron chi connectivity index (χ3n) is 11.6. The Bertz CT molecular complexity index is 3180. The summed E-state index contributed by atoms with van der Waals surface area (Å²) in [6.45, 7) is 2.03. The Morgan fingerprint density at radius 1 is 0.375 bits per heavy atom. The lowest BCUT2D eigenvalue weighted by molar-refractivity contribution is -0.138. The van der Waals surface area contributed by atoms with Gasteiger partial charge in [-0.1, -0.05) is 139 Å². The third kappa shape index (κ3) is 7.59. The van der Waals surface area contributed by atoms with Crippen LogP contribution in [0, 0.1) is 6.92 Å². The molecule has 0 N–H and O–H groups in total. The Hall–Kier alpha value is -7.78. The van der Waals surface area contributed by atoms with Crippen LogP contribution in [0.15, 0.2) is 194 Å². The first-order valence-electron chi connectivity index (χ1n) is 20.5. The molecule has 0 bridgehead atoms. The Kier molecular flexibility index (Phi) is 9.98. The number of hydrogen-bond acceptors (Lipinski definition) is 2. The van der Waals surface area contributed by atoms with Crippen LogP contribution in [-0.2, 0) is 12.4 Å². The second kappa shape index (κ2) is 15.8. The smallest absolute Gasteiger partial charge is 0.308 e. The van der Waals surface area contributed by atoms with E-state index in [1.165, 1.54) is 24.3 Å². The number of rotatable bonds is 7. The van der Waals surface area contributed by atoms with E-state index in [9.17, 15) is 26.3 Å². The van der Waals surface area contributed by atoms with Crippen molar-refractivity contribution in [3.63, 3.8) is 0 Å². The summed E-state index contributed by atoms with van der Waals surface area (Å²) in [6.07, 6.45) is -9.17. The molecule has 2 heterocycles. The van der Waals surface area contributed by atoms with Gasteiger partial charge in [0.1, 0.15) is 0 Å². The molecule has 10 rings (SSSR count). The summed E-state index contributed by atoms with van der Waals surface area (Å²) in [5, 5.41) is 1.84. The molecule has 0 unspecified atom stereocenters. The molecule has 0 saturated heterocycles. The SMILES string of the molecule is Cc1ccc(-c2ccc3c(c2)c2ccccc2n3-c2c(-c3ccc(C(F)(F)F)cc3)cc(-c3cc(-c4ccccc4)nc(-c4ccccc4)n3)cc2-c2ccc(C(F)(F)F)cc2)cc1. The Morgan fingerprint density at radius 2 is 0.844 bits per heavy atom. The molecule has 0 saturated carbocycles. The Labute approximate surface area is 364 Å². The van der Waals surface area contributed by atoms with Gasteiger partial charge in [-0.25, -0.2) is 9.97 Å². The highest BCUT2D eigenvalue weighted by Crippen LogP contribution is 2.46. The van der Waals surface area contributed by atoms with Crippen LogP contribution in [0.2, 0.25) is 0 Å². The summed E-state index contributed by atoms with van der Waals surface area (Å²) in [6, 6.07) is 57.0. The van der Waals surface area contributed by atoms with Crippen molar-refractivity contribution in [1.82, 2.24) is 14.5 Å². The molecule has 0 atom stereocenters. The van der Waals surface area contributed by atoms with Gasteiger partial charge in [0, 0.05) is 38.6 Å². The van der Waals surface area contributed by atoms with Crippen LogP contribution in [0.5, 0.6) is 0 Å². The van der Waals surface area contributed by atoms with Gasteiger partial charge >= 0.3 is 12.4 Å². The highest BCUT2D eigenvalue weighted by molar-refractivity contribution is 6.12. The van der Waals surface area contributed by atoms with Gasteiger partial charge in [0.05, 0.1) is 39.2 Å². The molecule has 8 aromatic carbocycles. The van der Waals surface area contributed by atoms with E-state index in [-0.39, 0.29) is 0 Å². The van der Waals surface area contributed by atoms with Gasteiger partial charge in [-0.15, -0.1) is 0 Å². The maximum absolute atomic E-state index is 14.1. The van der Waals surface area contributed by atoms with Crippen LogP contribution < -0.4 is 0 Å². The van der Waals surface area contributed by atoms with Gasteiger partial charge in [-0.05, 0) is 89.8 Å². The molecule has 2 aromatic heterocycles. The second-order valence-corrected chi connectivity index (χ2v) is 15.7. The lowest BCUT2D eigenvalue weighted by Crippen LogP contribution is -2.06. The van der Waals surface area contributed by atoms with Crippen LogP contribution in [0.4, 0.5) is 26.3 Å². The number of nitrogens with zero attached hydrogens (tertiary/aromatic N) is 3. The van der Waals surface area contributed by atoms with Crippen molar-refractivity contribution in [2.75, 3.05) is 0 Å². The lowest BCUT2D eigenvalue weighted by atomic mass is 9.90. The van der Waals surface area contributed by atoms with E-state index in [4.69, 9.17) is 9.97 Å². The summed E-state index contributed by atoms with van der Waals surface area (Å²) < 4.78 is 86.6. The highest BCUT2D eigenvalue weighted by Gasteiger charge is 2.32.